The summed E-state index contributed by atoms with van der Waals surface area (Å²) in [7, 11) is 0. The third-order valence-electron chi connectivity index (χ3n) is 5.50. The summed E-state index contributed by atoms with van der Waals surface area (Å²) < 4.78 is 5.46. The molecule has 0 aliphatic carbocycles. The molecule has 0 aromatic rings. The lowest BCUT2D eigenvalue weighted by molar-refractivity contribution is 0.0264. The molecule has 3 heteroatoms. The van der Waals surface area contributed by atoms with Crippen LogP contribution in [0.4, 0.5) is 4.79 Å². The molecule has 2 atom stereocenters. The molecule has 3 nitrogen and oxygen atoms in total. The molecule has 1 amide bonds. The third-order valence-corrected chi connectivity index (χ3v) is 5.50. The van der Waals surface area contributed by atoms with Crippen molar-refractivity contribution in [2.75, 3.05) is 6.61 Å². The monoisotopic (exact) mass is 281 g/mol. The third kappa shape index (κ3) is 3.12. The maximum absolute atomic E-state index is 12.3. The number of nitrogens with zero attached hydrogens (tertiary/aromatic N) is 1. The number of carbonyl (C=O) groups is 1. The van der Waals surface area contributed by atoms with Gasteiger partial charge in [-0.2, -0.15) is 0 Å². The predicted molar refractivity (Wildman–Crippen MR) is 81.6 cm³/mol. The van der Waals surface area contributed by atoms with E-state index in [1.807, 2.05) is 0 Å². The highest BCUT2D eigenvalue weighted by atomic mass is 16.6. The van der Waals surface area contributed by atoms with E-state index in [1.54, 1.807) is 0 Å². The number of amides is 1. The molecule has 2 unspecified atom stereocenters. The van der Waals surface area contributed by atoms with Gasteiger partial charge in [-0.05, 0) is 42.9 Å². The molecule has 0 aromatic carbocycles. The molecule has 2 aliphatic rings. The lowest BCUT2D eigenvalue weighted by atomic mass is 9.70. The van der Waals surface area contributed by atoms with E-state index in [4.69, 9.17) is 4.74 Å². The summed E-state index contributed by atoms with van der Waals surface area (Å²) in [5, 5.41) is 0. The number of fused-ring (bicyclic) bond motifs is 2. The topological polar surface area (TPSA) is 29.5 Å². The van der Waals surface area contributed by atoms with E-state index in [1.165, 1.54) is 6.42 Å². The van der Waals surface area contributed by atoms with Crippen LogP contribution >= 0.6 is 0 Å². The summed E-state index contributed by atoms with van der Waals surface area (Å²) >= 11 is 0. The summed E-state index contributed by atoms with van der Waals surface area (Å²) in [4.78, 5) is 14.4. The first-order valence-corrected chi connectivity index (χ1v) is 8.30. The van der Waals surface area contributed by atoms with E-state index < -0.39 is 0 Å². The molecule has 2 aliphatic heterocycles. The number of rotatable bonds is 4. The summed E-state index contributed by atoms with van der Waals surface area (Å²) in [6.07, 6.45) is 5.80. The van der Waals surface area contributed by atoms with Crippen LogP contribution in [-0.4, -0.2) is 29.7 Å². The van der Waals surface area contributed by atoms with Gasteiger partial charge in [0.2, 0.25) is 0 Å². The van der Waals surface area contributed by atoms with E-state index >= 15 is 0 Å². The maximum atomic E-state index is 12.3. The van der Waals surface area contributed by atoms with Gasteiger partial charge < -0.3 is 9.64 Å². The molecular formula is C17H31NO2. The Morgan fingerprint density at radius 2 is 1.80 bits per heavy atom. The van der Waals surface area contributed by atoms with Gasteiger partial charge in [0.1, 0.15) is 0 Å². The zero-order valence-electron chi connectivity index (χ0n) is 13.8. The zero-order chi connectivity index (χ0) is 14.9. The van der Waals surface area contributed by atoms with Crippen LogP contribution in [0.1, 0.15) is 66.7 Å². The van der Waals surface area contributed by atoms with Crippen LogP contribution in [0.5, 0.6) is 0 Å². The van der Waals surface area contributed by atoms with Gasteiger partial charge in [0.25, 0.3) is 0 Å². The highest BCUT2D eigenvalue weighted by Gasteiger charge is 2.47. The summed E-state index contributed by atoms with van der Waals surface area (Å²) in [5.41, 5.74) is 0.398. The van der Waals surface area contributed by atoms with Gasteiger partial charge in [-0.3, -0.25) is 0 Å². The Morgan fingerprint density at radius 1 is 1.25 bits per heavy atom. The molecule has 2 fully saturated rings. The Hall–Kier alpha value is -0.730. The minimum Gasteiger partial charge on any atom is -0.449 e. The first-order chi connectivity index (χ1) is 9.35. The van der Waals surface area contributed by atoms with Gasteiger partial charge in [0.05, 0.1) is 6.61 Å². The van der Waals surface area contributed by atoms with Gasteiger partial charge in [-0.25, -0.2) is 4.79 Å². The van der Waals surface area contributed by atoms with E-state index in [0.29, 0.717) is 30.0 Å². The largest absolute Gasteiger partial charge is 0.449 e. The van der Waals surface area contributed by atoms with E-state index in [9.17, 15) is 4.79 Å². The smallest absolute Gasteiger partial charge is 0.410 e. The van der Waals surface area contributed by atoms with Crippen LogP contribution in [-0.2, 0) is 4.74 Å². The maximum Gasteiger partial charge on any atom is 0.410 e. The van der Waals surface area contributed by atoms with Crippen LogP contribution in [0.15, 0.2) is 0 Å². The van der Waals surface area contributed by atoms with Crippen molar-refractivity contribution in [1.29, 1.82) is 0 Å². The van der Waals surface area contributed by atoms with E-state index in [2.05, 4.69) is 39.5 Å². The zero-order valence-corrected chi connectivity index (χ0v) is 13.8. The molecule has 0 spiro atoms. The quantitative estimate of drug-likeness (QED) is 0.761. The second-order valence-corrected chi connectivity index (χ2v) is 7.77. The van der Waals surface area contributed by atoms with Crippen molar-refractivity contribution in [3.63, 3.8) is 0 Å². The first kappa shape index (κ1) is 15.7. The lowest BCUT2D eigenvalue weighted by Gasteiger charge is -2.44. The van der Waals surface area contributed by atoms with Crippen LogP contribution in [0.2, 0.25) is 0 Å². The summed E-state index contributed by atoms with van der Waals surface area (Å²) in [5.74, 6) is 1.16. The highest BCUT2D eigenvalue weighted by Crippen LogP contribution is 2.46. The van der Waals surface area contributed by atoms with Gasteiger partial charge in [-0.1, -0.05) is 41.0 Å². The van der Waals surface area contributed by atoms with Crippen LogP contribution < -0.4 is 0 Å². The number of hydrogen-bond donors (Lipinski definition) is 0. The fourth-order valence-electron chi connectivity index (χ4n) is 3.71. The average Bonchev–Trinajstić information content (AvgIpc) is 2.66. The van der Waals surface area contributed by atoms with Crippen molar-refractivity contribution < 1.29 is 9.53 Å². The molecule has 2 rings (SSSR count). The molecule has 0 N–H and O–H groups in total. The summed E-state index contributed by atoms with van der Waals surface area (Å²) in [6.45, 7) is 11.7. The molecule has 2 heterocycles. The highest BCUT2D eigenvalue weighted by molar-refractivity contribution is 5.69. The fraction of sp³-hybridized carbons (Fsp3) is 0.941. The minimum atomic E-state index is -0.0704. The Kier molecular flexibility index (Phi) is 4.66. The van der Waals surface area contributed by atoms with E-state index in [0.717, 1.165) is 31.6 Å². The number of piperidine rings is 1. The van der Waals surface area contributed by atoms with Gasteiger partial charge in [0, 0.05) is 12.1 Å². The van der Waals surface area contributed by atoms with Crippen molar-refractivity contribution in [2.45, 2.75) is 78.8 Å². The van der Waals surface area contributed by atoms with E-state index in [-0.39, 0.29) is 6.09 Å². The van der Waals surface area contributed by atoms with Crippen molar-refractivity contribution in [2.24, 2.45) is 17.3 Å². The Labute approximate surface area is 124 Å². The van der Waals surface area contributed by atoms with Crippen LogP contribution in [0.25, 0.3) is 0 Å². The van der Waals surface area contributed by atoms with Gasteiger partial charge in [0.15, 0.2) is 0 Å². The molecule has 20 heavy (non-hydrogen) atoms. The standard InChI is InChI=1S/C17H31NO2/c1-6-17(4,5)13-9-14-7-8-15(10-13)18(14)16(19)20-11-12(2)3/h12-15H,6-11H2,1-5H3. The first-order valence-electron chi connectivity index (χ1n) is 8.30. The molecule has 0 radical (unpaired) electrons. The van der Waals surface area contributed by atoms with Crippen LogP contribution in [0, 0.1) is 17.3 Å². The van der Waals surface area contributed by atoms with Crippen molar-refractivity contribution in [3.8, 4) is 0 Å². The fourth-order valence-corrected chi connectivity index (χ4v) is 3.71. The second kappa shape index (κ2) is 5.95. The second-order valence-electron chi connectivity index (χ2n) is 7.77. The Morgan fingerprint density at radius 3 is 2.25 bits per heavy atom. The molecule has 2 saturated heterocycles. The molecule has 0 saturated carbocycles. The predicted octanol–water partition coefficient (Wildman–Crippen LogP) is 4.46. The van der Waals surface area contributed by atoms with Gasteiger partial charge in [-0.15, -0.1) is 0 Å². The molecule has 116 valence electrons. The van der Waals surface area contributed by atoms with Crippen LogP contribution in [0.3, 0.4) is 0 Å². The summed E-state index contributed by atoms with van der Waals surface area (Å²) in [6, 6.07) is 0.841. The Bertz CT molecular complexity index is 337. The van der Waals surface area contributed by atoms with Crippen molar-refractivity contribution >= 4 is 6.09 Å². The van der Waals surface area contributed by atoms with Crippen molar-refractivity contribution in [3.05, 3.63) is 0 Å². The lowest BCUT2D eigenvalue weighted by Crippen LogP contribution is -2.49. The molecule has 2 bridgehead atoms. The average molecular weight is 281 g/mol. The van der Waals surface area contributed by atoms with Gasteiger partial charge >= 0.3 is 6.09 Å². The molecule has 0 aromatic heterocycles. The number of hydrogen-bond acceptors (Lipinski definition) is 2. The number of ether oxygens (including phenoxy) is 1. The minimum absolute atomic E-state index is 0.0704. The Balaban J connectivity index is 1.98. The van der Waals surface area contributed by atoms with Crippen molar-refractivity contribution in [1.82, 2.24) is 4.90 Å². The SMILES string of the molecule is CCC(C)(C)C1CC2CCC(C1)N2C(=O)OCC(C)C. The normalized spacial score (nSPS) is 29.9. The molecular weight excluding hydrogens is 250 g/mol. The number of carbonyl (C=O) groups excluding carboxylic acids is 1.